The maximum Gasteiger partial charge on any atom is 0.0488 e. The molecule has 2 unspecified atom stereocenters. The Kier molecular flexibility index (Phi) is 3.11. The van der Waals surface area contributed by atoms with Gasteiger partial charge in [0.15, 0.2) is 0 Å². The van der Waals surface area contributed by atoms with Crippen molar-refractivity contribution in [2.75, 3.05) is 0 Å². The molecule has 0 aliphatic heterocycles. The predicted molar refractivity (Wildman–Crippen MR) is 77.9 cm³/mol. The van der Waals surface area contributed by atoms with E-state index in [1.54, 1.807) is 0 Å². The average Bonchev–Trinajstić information content (AvgIpc) is 2.47. The van der Waals surface area contributed by atoms with Crippen molar-refractivity contribution in [1.82, 2.24) is 4.98 Å². The Morgan fingerprint density at radius 3 is 2.74 bits per heavy atom. The lowest BCUT2D eigenvalue weighted by Gasteiger charge is -2.37. The summed E-state index contributed by atoms with van der Waals surface area (Å²) in [6.45, 7) is 2.14. The molecule has 0 saturated heterocycles. The van der Waals surface area contributed by atoms with Crippen molar-refractivity contribution < 1.29 is 0 Å². The molecule has 1 heterocycles. The number of aryl methyl sites for hydroxylation is 1. The van der Waals surface area contributed by atoms with Gasteiger partial charge in [-0.1, -0.05) is 36.4 Å². The summed E-state index contributed by atoms with van der Waals surface area (Å²) in [7, 11) is 0. The van der Waals surface area contributed by atoms with Crippen molar-refractivity contribution in [3.05, 3.63) is 65.5 Å². The van der Waals surface area contributed by atoms with E-state index >= 15 is 0 Å². The summed E-state index contributed by atoms with van der Waals surface area (Å²) in [5.74, 6) is 0.305. The molecule has 0 saturated carbocycles. The number of rotatable bonds is 2. The summed E-state index contributed by atoms with van der Waals surface area (Å²) in [4.78, 5) is 4.61. The Morgan fingerprint density at radius 1 is 1.16 bits per heavy atom. The fourth-order valence-corrected chi connectivity index (χ4v) is 3.19. The maximum absolute atomic E-state index is 6.69. The van der Waals surface area contributed by atoms with Gasteiger partial charge in [-0.05, 0) is 43.4 Å². The Hall–Kier alpha value is -1.67. The molecule has 0 fully saturated rings. The Balaban J connectivity index is 2.03. The summed E-state index contributed by atoms with van der Waals surface area (Å²) in [6.07, 6.45) is 5.33. The molecule has 2 nitrogen and oxygen atoms in total. The minimum Gasteiger partial charge on any atom is -0.321 e. The smallest absolute Gasteiger partial charge is 0.0488 e. The van der Waals surface area contributed by atoms with Crippen molar-refractivity contribution in [3.8, 4) is 0 Å². The fourth-order valence-electron chi connectivity index (χ4n) is 3.19. The Bertz CT molecular complexity index is 560. The van der Waals surface area contributed by atoms with Crippen LogP contribution < -0.4 is 5.73 Å². The third-order valence-electron chi connectivity index (χ3n) is 4.31. The van der Waals surface area contributed by atoms with E-state index in [1.165, 1.54) is 23.2 Å². The van der Waals surface area contributed by atoms with Gasteiger partial charge < -0.3 is 5.73 Å². The van der Waals surface area contributed by atoms with Gasteiger partial charge in [-0.2, -0.15) is 0 Å². The summed E-state index contributed by atoms with van der Waals surface area (Å²) in [5.41, 5.74) is 10.1. The van der Waals surface area contributed by atoms with E-state index in [9.17, 15) is 0 Å². The zero-order valence-corrected chi connectivity index (χ0v) is 11.3. The van der Waals surface area contributed by atoms with Gasteiger partial charge in [-0.15, -0.1) is 0 Å². The van der Waals surface area contributed by atoms with E-state index in [0.29, 0.717) is 5.92 Å². The molecule has 0 radical (unpaired) electrons. The summed E-state index contributed by atoms with van der Waals surface area (Å²) < 4.78 is 0. The third-order valence-corrected chi connectivity index (χ3v) is 4.31. The molecule has 1 aliphatic carbocycles. The number of hydrogen-bond donors (Lipinski definition) is 1. The highest BCUT2D eigenvalue weighted by molar-refractivity contribution is 5.34. The molecule has 0 spiro atoms. The highest BCUT2D eigenvalue weighted by atomic mass is 14.8. The molecule has 2 N–H and O–H groups in total. The molecule has 2 atom stereocenters. The quantitative estimate of drug-likeness (QED) is 0.890. The van der Waals surface area contributed by atoms with Crippen molar-refractivity contribution >= 4 is 0 Å². The molecule has 98 valence electrons. The fraction of sp³-hybridized carbons (Fsp3) is 0.353. The summed E-state index contributed by atoms with van der Waals surface area (Å²) in [5, 5.41) is 0. The predicted octanol–water partition coefficient (Wildman–Crippen LogP) is 3.38. The monoisotopic (exact) mass is 252 g/mol. The maximum atomic E-state index is 6.69. The molecule has 0 amide bonds. The molecule has 3 rings (SSSR count). The lowest BCUT2D eigenvalue weighted by atomic mass is 9.72. The van der Waals surface area contributed by atoms with Crippen molar-refractivity contribution in [3.63, 3.8) is 0 Å². The first-order valence-corrected chi connectivity index (χ1v) is 6.98. The highest BCUT2D eigenvalue weighted by Crippen LogP contribution is 2.41. The van der Waals surface area contributed by atoms with Crippen LogP contribution in [0.5, 0.6) is 0 Å². The molecular formula is C17H20N2. The van der Waals surface area contributed by atoms with Crippen LogP contribution in [0, 0.1) is 0 Å². The van der Waals surface area contributed by atoms with Crippen LogP contribution in [-0.2, 0) is 12.0 Å². The lowest BCUT2D eigenvalue weighted by molar-refractivity contribution is 0.341. The average molecular weight is 252 g/mol. The largest absolute Gasteiger partial charge is 0.321 e. The van der Waals surface area contributed by atoms with Crippen LogP contribution in [-0.4, -0.2) is 4.98 Å². The second-order valence-electron chi connectivity index (χ2n) is 5.64. The topological polar surface area (TPSA) is 38.9 Å². The highest BCUT2D eigenvalue weighted by Gasteiger charge is 2.36. The van der Waals surface area contributed by atoms with E-state index in [4.69, 9.17) is 5.73 Å². The van der Waals surface area contributed by atoms with Crippen LogP contribution in [0.3, 0.4) is 0 Å². The first kappa shape index (κ1) is 12.4. The van der Waals surface area contributed by atoms with Gasteiger partial charge in [0.1, 0.15) is 0 Å². The molecule has 0 bridgehead atoms. The van der Waals surface area contributed by atoms with Gasteiger partial charge in [0.05, 0.1) is 0 Å². The van der Waals surface area contributed by atoms with Crippen molar-refractivity contribution in [2.24, 2.45) is 5.73 Å². The first-order chi connectivity index (χ1) is 9.19. The molecule has 1 aliphatic rings. The molecule has 1 aromatic carbocycles. The zero-order chi connectivity index (χ0) is 13.3. The van der Waals surface area contributed by atoms with Crippen molar-refractivity contribution in [1.29, 1.82) is 0 Å². The first-order valence-electron chi connectivity index (χ1n) is 6.98. The van der Waals surface area contributed by atoms with Crippen LogP contribution in [0.4, 0.5) is 0 Å². The SMILES string of the molecule is CC(N)(c1ccccc1)C1CCCc2cccnc21. The van der Waals surface area contributed by atoms with E-state index in [2.05, 4.69) is 42.2 Å². The number of hydrogen-bond acceptors (Lipinski definition) is 2. The van der Waals surface area contributed by atoms with Gasteiger partial charge in [-0.3, -0.25) is 4.98 Å². The number of benzene rings is 1. The van der Waals surface area contributed by atoms with Crippen LogP contribution in [0.2, 0.25) is 0 Å². The standard InChI is InChI=1S/C17H20N2/c1-17(18,14-9-3-2-4-10-14)15-11-5-7-13-8-6-12-19-16(13)15/h2-4,6,8-10,12,15H,5,7,11,18H2,1H3. The van der Waals surface area contributed by atoms with Gasteiger partial charge in [-0.25, -0.2) is 0 Å². The van der Waals surface area contributed by atoms with Crippen LogP contribution in [0.15, 0.2) is 48.7 Å². The molecule has 19 heavy (non-hydrogen) atoms. The number of pyridine rings is 1. The van der Waals surface area contributed by atoms with E-state index in [1.807, 2.05) is 18.3 Å². The second kappa shape index (κ2) is 4.78. The van der Waals surface area contributed by atoms with Gasteiger partial charge in [0.2, 0.25) is 0 Å². The molecular weight excluding hydrogens is 232 g/mol. The number of aromatic nitrogens is 1. The minimum atomic E-state index is -0.356. The zero-order valence-electron chi connectivity index (χ0n) is 11.3. The van der Waals surface area contributed by atoms with Crippen LogP contribution in [0.25, 0.3) is 0 Å². The van der Waals surface area contributed by atoms with Crippen molar-refractivity contribution in [2.45, 2.75) is 37.6 Å². The van der Waals surface area contributed by atoms with Gasteiger partial charge in [0, 0.05) is 23.3 Å². The van der Waals surface area contributed by atoms with Gasteiger partial charge in [0.25, 0.3) is 0 Å². The normalized spacial score (nSPS) is 21.5. The molecule has 2 heteroatoms. The van der Waals surface area contributed by atoms with E-state index in [-0.39, 0.29) is 5.54 Å². The summed E-state index contributed by atoms with van der Waals surface area (Å²) in [6, 6.07) is 14.6. The lowest BCUT2D eigenvalue weighted by Crippen LogP contribution is -2.41. The van der Waals surface area contributed by atoms with Gasteiger partial charge >= 0.3 is 0 Å². The number of fused-ring (bicyclic) bond motifs is 1. The summed E-state index contributed by atoms with van der Waals surface area (Å²) >= 11 is 0. The van der Waals surface area contributed by atoms with Crippen LogP contribution in [0.1, 0.15) is 42.5 Å². The Morgan fingerprint density at radius 2 is 1.95 bits per heavy atom. The molecule has 2 aromatic rings. The molecule has 1 aromatic heterocycles. The number of nitrogens with zero attached hydrogens (tertiary/aromatic N) is 1. The minimum absolute atomic E-state index is 0.305. The number of nitrogens with two attached hydrogens (primary N) is 1. The second-order valence-corrected chi connectivity index (χ2v) is 5.64. The Labute approximate surface area is 114 Å². The van der Waals surface area contributed by atoms with Crippen LogP contribution >= 0.6 is 0 Å². The third kappa shape index (κ3) is 2.17. The van der Waals surface area contributed by atoms with E-state index in [0.717, 1.165) is 12.8 Å². The van der Waals surface area contributed by atoms with E-state index < -0.39 is 0 Å².